The van der Waals surface area contributed by atoms with Gasteiger partial charge in [0.25, 0.3) is 0 Å². The van der Waals surface area contributed by atoms with Gasteiger partial charge in [-0.2, -0.15) is 0 Å². The van der Waals surface area contributed by atoms with Crippen molar-refractivity contribution >= 4 is 58.2 Å². The number of hydrogen-bond acceptors (Lipinski definition) is 4. The zero-order valence-corrected chi connectivity index (χ0v) is 17.4. The minimum Gasteiger partial charge on any atom is -0.495 e. The van der Waals surface area contributed by atoms with Crippen molar-refractivity contribution in [2.75, 3.05) is 43.6 Å². The third kappa shape index (κ3) is 4.92. The largest absolute Gasteiger partial charge is 0.495 e. The lowest BCUT2D eigenvalue weighted by Gasteiger charge is -2.31. The maximum atomic E-state index is 12.5. The predicted molar refractivity (Wildman–Crippen MR) is 115 cm³/mol. The fourth-order valence-electron chi connectivity index (χ4n) is 2.98. The van der Waals surface area contributed by atoms with Crippen LogP contribution in [-0.4, -0.2) is 39.3 Å². The number of amides is 1. The zero-order valence-electron chi connectivity index (χ0n) is 15.2. The monoisotopic (exact) mass is 440 g/mol. The smallest absolute Gasteiger partial charge is 0.248 e. The molecule has 1 heterocycles. The highest BCUT2D eigenvalue weighted by atomic mass is 35.5. The lowest BCUT2D eigenvalue weighted by atomic mass is 10.1. The summed E-state index contributed by atoms with van der Waals surface area (Å²) in [6.07, 6.45) is 3.00. The van der Waals surface area contributed by atoms with E-state index in [0.29, 0.717) is 58.4 Å². The Morgan fingerprint density at radius 2 is 1.93 bits per heavy atom. The number of anilines is 2. The summed E-state index contributed by atoms with van der Waals surface area (Å²) in [5.41, 5.74) is 2.03. The number of nitrogens with one attached hydrogen (secondary N) is 1. The van der Waals surface area contributed by atoms with Crippen LogP contribution in [0.3, 0.4) is 0 Å². The Kier molecular flexibility index (Phi) is 7.08. The minimum atomic E-state index is -0.310. The van der Waals surface area contributed by atoms with Gasteiger partial charge in [-0.1, -0.05) is 40.9 Å². The first-order chi connectivity index (χ1) is 13.5. The molecule has 0 aliphatic carbocycles. The topological polar surface area (TPSA) is 50.8 Å². The summed E-state index contributed by atoms with van der Waals surface area (Å²) in [6, 6.07) is 8.68. The number of ether oxygens (including phenoxy) is 2. The molecule has 0 bridgehead atoms. The van der Waals surface area contributed by atoms with Crippen LogP contribution < -0.4 is 15.0 Å². The number of para-hydroxylation sites is 1. The van der Waals surface area contributed by atoms with E-state index >= 15 is 0 Å². The molecule has 1 aliphatic rings. The van der Waals surface area contributed by atoms with E-state index in [-0.39, 0.29) is 5.91 Å². The highest BCUT2D eigenvalue weighted by Gasteiger charge is 2.18. The van der Waals surface area contributed by atoms with Gasteiger partial charge < -0.3 is 19.7 Å². The summed E-state index contributed by atoms with van der Waals surface area (Å²) in [6.45, 7) is 2.66. The van der Waals surface area contributed by atoms with Gasteiger partial charge in [-0.3, -0.25) is 4.79 Å². The van der Waals surface area contributed by atoms with Gasteiger partial charge in [0.15, 0.2) is 0 Å². The minimum absolute atomic E-state index is 0.310. The van der Waals surface area contributed by atoms with Crippen LogP contribution in [0.15, 0.2) is 36.4 Å². The number of hydrogen-bond donors (Lipinski definition) is 1. The van der Waals surface area contributed by atoms with Crippen LogP contribution in [0.25, 0.3) is 6.08 Å². The molecule has 1 fully saturated rings. The molecule has 148 valence electrons. The number of methoxy groups -OCH3 is 1. The SMILES string of the molecule is COc1c(Cl)cc(Cl)cc1C=CC(=O)Nc1cccc(Cl)c1N1CCOCC1. The fourth-order valence-corrected chi connectivity index (χ4v) is 3.86. The molecule has 5 nitrogen and oxygen atoms in total. The number of halogens is 3. The van der Waals surface area contributed by atoms with Gasteiger partial charge in [0, 0.05) is 29.8 Å². The van der Waals surface area contributed by atoms with E-state index in [1.807, 2.05) is 6.07 Å². The van der Waals surface area contributed by atoms with E-state index in [9.17, 15) is 4.79 Å². The first kappa shape index (κ1) is 20.8. The normalized spacial score (nSPS) is 14.4. The molecule has 0 unspecified atom stereocenters. The summed E-state index contributed by atoms with van der Waals surface area (Å²) in [5, 5.41) is 4.29. The van der Waals surface area contributed by atoms with Crippen molar-refractivity contribution in [3.05, 3.63) is 57.0 Å². The standard InChI is InChI=1S/C20H19Cl3N2O3/c1-27-20-13(11-14(21)12-16(20)23)5-6-18(26)24-17-4-2-3-15(22)19(17)25-7-9-28-10-8-25/h2-6,11-12H,7-10H2,1H3,(H,24,26). The van der Waals surface area contributed by atoms with Crippen LogP contribution in [0.1, 0.15) is 5.56 Å². The van der Waals surface area contributed by atoms with E-state index in [1.54, 1.807) is 30.3 Å². The van der Waals surface area contributed by atoms with Crippen molar-refractivity contribution in [2.24, 2.45) is 0 Å². The van der Waals surface area contributed by atoms with Gasteiger partial charge in [0.1, 0.15) is 5.75 Å². The second kappa shape index (κ2) is 9.52. The molecule has 0 spiro atoms. The molecule has 1 saturated heterocycles. The van der Waals surface area contributed by atoms with Gasteiger partial charge in [-0.25, -0.2) is 0 Å². The lowest BCUT2D eigenvalue weighted by molar-refractivity contribution is -0.111. The molecule has 3 rings (SSSR count). The van der Waals surface area contributed by atoms with Crippen LogP contribution in [0.2, 0.25) is 15.1 Å². The molecule has 0 atom stereocenters. The number of benzene rings is 2. The van der Waals surface area contributed by atoms with Crippen LogP contribution in [0.5, 0.6) is 5.75 Å². The molecule has 0 aromatic heterocycles. The maximum Gasteiger partial charge on any atom is 0.248 e. The lowest BCUT2D eigenvalue weighted by Crippen LogP contribution is -2.37. The second-order valence-electron chi connectivity index (χ2n) is 6.07. The average molecular weight is 442 g/mol. The van der Waals surface area contributed by atoms with Crippen molar-refractivity contribution in [2.45, 2.75) is 0 Å². The molecule has 8 heteroatoms. The Labute approximate surface area is 178 Å². The van der Waals surface area contributed by atoms with E-state index in [0.717, 1.165) is 5.69 Å². The Bertz CT molecular complexity index is 897. The maximum absolute atomic E-state index is 12.5. The Morgan fingerprint density at radius 3 is 2.64 bits per heavy atom. The van der Waals surface area contributed by atoms with Gasteiger partial charge in [-0.05, 0) is 30.3 Å². The van der Waals surface area contributed by atoms with Crippen LogP contribution in [-0.2, 0) is 9.53 Å². The number of nitrogens with zero attached hydrogens (tertiary/aromatic N) is 1. The van der Waals surface area contributed by atoms with Crippen molar-refractivity contribution in [1.29, 1.82) is 0 Å². The molecule has 28 heavy (non-hydrogen) atoms. The quantitative estimate of drug-likeness (QED) is 0.652. The molecule has 0 saturated carbocycles. The molecule has 1 N–H and O–H groups in total. The number of rotatable bonds is 5. The predicted octanol–water partition coefficient (Wildman–Crippen LogP) is 5.14. The molecule has 2 aromatic carbocycles. The fraction of sp³-hybridized carbons (Fsp3) is 0.250. The second-order valence-corrected chi connectivity index (χ2v) is 7.32. The number of carbonyl (C=O) groups excluding carboxylic acids is 1. The van der Waals surface area contributed by atoms with Gasteiger partial charge >= 0.3 is 0 Å². The molecule has 0 radical (unpaired) electrons. The Balaban J connectivity index is 1.81. The molecule has 2 aromatic rings. The van der Waals surface area contributed by atoms with E-state index in [4.69, 9.17) is 44.3 Å². The highest BCUT2D eigenvalue weighted by Crippen LogP contribution is 2.35. The molecular weight excluding hydrogens is 423 g/mol. The first-order valence-corrected chi connectivity index (χ1v) is 9.76. The summed E-state index contributed by atoms with van der Waals surface area (Å²) in [5.74, 6) is 0.141. The van der Waals surface area contributed by atoms with E-state index in [2.05, 4.69) is 10.2 Å². The van der Waals surface area contributed by atoms with Crippen molar-refractivity contribution in [3.8, 4) is 5.75 Å². The van der Waals surface area contributed by atoms with E-state index < -0.39 is 0 Å². The number of morpholine rings is 1. The van der Waals surface area contributed by atoms with E-state index in [1.165, 1.54) is 13.2 Å². The van der Waals surface area contributed by atoms with Crippen molar-refractivity contribution in [1.82, 2.24) is 0 Å². The Morgan fingerprint density at radius 1 is 1.18 bits per heavy atom. The number of carbonyl (C=O) groups is 1. The van der Waals surface area contributed by atoms with Gasteiger partial charge in [0.2, 0.25) is 5.91 Å². The highest BCUT2D eigenvalue weighted by molar-refractivity contribution is 6.36. The van der Waals surface area contributed by atoms with Crippen molar-refractivity contribution in [3.63, 3.8) is 0 Å². The van der Waals surface area contributed by atoms with Crippen LogP contribution >= 0.6 is 34.8 Å². The summed E-state index contributed by atoms with van der Waals surface area (Å²) in [7, 11) is 1.51. The molecule has 1 aliphatic heterocycles. The molecule has 1 amide bonds. The van der Waals surface area contributed by atoms with Crippen molar-refractivity contribution < 1.29 is 14.3 Å². The summed E-state index contributed by atoms with van der Waals surface area (Å²) < 4.78 is 10.7. The van der Waals surface area contributed by atoms with Gasteiger partial charge in [-0.15, -0.1) is 0 Å². The third-order valence-corrected chi connectivity index (χ3v) is 5.03. The Hall–Kier alpha value is -1.92. The molecular formula is C20H19Cl3N2O3. The van der Waals surface area contributed by atoms with Crippen LogP contribution in [0.4, 0.5) is 11.4 Å². The summed E-state index contributed by atoms with van der Waals surface area (Å²) >= 11 is 18.6. The average Bonchev–Trinajstić information content (AvgIpc) is 2.67. The van der Waals surface area contributed by atoms with Gasteiger partial charge in [0.05, 0.1) is 41.7 Å². The summed E-state index contributed by atoms with van der Waals surface area (Å²) in [4.78, 5) is 14.6. The zero-order chi connectivity index (χ0) is 20.1. The van der Waals surface area contributed by atoms with Crippen LogP contribution in [0, 0.1) is 0 Å². The first-order valence-electron chi connectivity index (χ1n) is 8.63. The third-order valence-electron chi connectivity index (χ3n) is 4.23.